The minimum atomic E-state index is -0.264. The molecule has 4 rings (SSSR count). The first-order valence-corrected chi connectivity index (χ1v) is 9.83. The van der Waals surface area contributed by atoms with Gasteiger partial charge in [0.1, 0.15) is 0 Å². The van der Waals surface area contributed by atoms with Crippen molar-refractivity contribution < 1.29 is 14.1 Å². The van der Waals surface area contributed by atoms with E-state index in [0.717, 1.165) is 24.1 Å². The molecule has 3 aromatic rings. The Morgan fingerprint density at radius 2 is 1.90 bits per heavy atom. The van der Waals surface area contributed by atoms with Gasteiger partial charge in [0.15, 0.2) is 0 Å². The van der Waals surface area contributed by atoms with Crippen LogP contribution >= 0.6 is 0 Å². The minimum Gasteiger partial charge on any atom is -0.336 e. The van der Waals surface area contributed by atoms with E-state index in [1.165, 1.54) is 0 Å². The fourth-order valence-corrected chi connectivity index (χ4v) is 3.20. The number of pyridine rings is 1. The van der Waals surface area contributed by atoms with Gasteiger partial charge in [-0.05, 0) is 56.4 Å². The Kier molecular flexibility index (Phi) is 4.82. The number of hydrogen-bond donors (Lipinski definition) is 2. The number of nitrogens with zero attached hydrogens (tertiary/aromatic N) is 2. The fourth-order valence-electron chi connectivity index (χ4n) is 3.20. The molecular weight excluding hydrogens is 368 g/mol. The number of benzene rings is 1. The molecule has 0 saturated heterocycles. The Morgan fingerprint density at radius 3 is 2.59 bits per heavy atom. The zero-order chi connectivity index (χ0) is 20.7. The summed E-state index contributed by atoms with van der Waals surface area (Å²) in [5.74, 6) is 0.0209. The lowest BCUT2D eigenvalue weighted by atomic mass is 10.0. The molecule has 150 valence electrons. The second kappa shape index (κ2) is 7.31. The average molecular weight is 392 g/mol. The Labute approximate surface area is 168 Å². The molecule has 0 atom stereocenters. The summed E-state index contributed by atoms with van der Waals surface area (Å²) in [4.78, 5) is 29.7. The van der Waals surface area contributed by atoms with Gasteiger partial charge in [0.2, 0.25) is 5.91 Å². The molecule has 2 amide bonds. The van der Waals surface area contributed by atoms with E-state index in [1.807, 2.05) is 32.9 Å². The summed E-state index contributed by atoms with van der Waals surface area (Å²) in [6, 6.07) is 7.30. The van der Waals surface area contributed by atoms with Crippen molar-refractivity contribution in [2.24, 2.45) is 5.92 Å². The molecule has 0 spiro atoms. The number of carbonyl (C=O) groups is 2. The van der Waals surface area contributed by atoms with Crippen molar-refractivity contribution in [3.63, 3.8) is 0 Å². The number of hydrogen-bond acceptors (Lipinski definition) is 5. The lowest BCUT2D eigenvalue weighted by Gasteiger charge is -2.13. The van der Waals surface area contributed by atoms with E-state index < -0.39 is 0 Å². The molecule has 0 radical (unpaired) electrons. The Hall–Kier alpha value is -3.22. The highest BCUT2D eigenvalue weighted by Gasteiger charge is 2.29. The van der Waals surface area contributed by atoms with Crippen molar-refractivity contribution >= 4 is 34.3 Å². The predicted molar refractivity (Wildman–Crippen MR) is 111 cm³/mol. The molecule has 7 nitrogen and oxygen atoms in total. The van der Waals surface area contributed by atoms with E-state index in [2.05, 4.69) is 20.8 Å². The van der Waals surface area contributed by atoms with E-state index in [9.17, 15) is 9.59 Å². The first-order chi connectivity index (χ1) is 13.8. The van der Waals surface area contributed by atoms with Gasteiger partial charge in [-0.15, -0.1) is 0 Å². The van der Waals surface area contributed by atoms with Crippen LogP contribution < -0.4 is 10.6 Å². The molecule has 2 heterocycles. The van der Waals surface area contributed by atoms with Crippen molar-refractivity contribution in [3.8, 4) is 0 Å². The zero-order valence-corrected chi connectivity index (χ0v) is 17.0. The van der Waals surface area contributed by atoms with Crippen LogP contribution in [0.1, 0.15) is 59.9 Å². The van der Waals surface area contributed by atoms with Crippen LogP contribution in [0, 0.1) is 19.8 Å². The van der Waals surface area contributed by atoms with Crippen LogP contribution in [0.4, 0.5) is 11.4 Å². The van der Waals surface area contributed by atoms with Crippen LogP contribution in [0.15, 0.2) is 28.8 Å². The first-order valence-electron chi connectivity index (χ1n) is 9.83. The lowest BCUT2D eigenvalue weighted by Crippen LogP contribution is -2.16. The summed E-state index contributed by atoms with van der Waals surface area (Å²) < 4.78 is 5.31. The summed E-state index contributed by atoms with van der Waals surface area (Å²) in [6.07, 6.45) is 1.88. The van der Waals surface area contributed by atoms with Crippen LogP contribution in [0.3, 0.4) is 0 Å². The van der Waals surface area contributed by atoms with E-state index in [4.69, 9.17) is 4.52 Å². The highest BCUT2D eigenvalue weighted by molar-refractivity contribution is 6.12. The molecule has 7 heteroatoms. The van der Waals surface area contributed by atoms with E-state index in [1.54, 1.807) is 19.1 Å². The summed E-state index contributed by atoms with van der Waals surface area (Å²) in [7, 11) is 0. The average Bonchev–Trinajstić information content (AvgIpc) is 3.47. The number of nitrogens with one attached hydrogen (secondary N) is 2. The third-order valence-electron chi connectivity index (χ3n) is 5.17. The summed E-state index contributed by atoms with van der Waals surface area (Å²) in [5, 5.41) is 10.5. The molecule has 29 heavy (non-hydrogen) atoms. The van der Waals surface area contributed by atoms with Gasteiger partial charge >= 0.3 is 0 Å². The van der Waals surface area contributed by atoms with Gasteiger partial charge in [0.25, 0.3) is 11.6 Å². The molecule has 2 N–H and O–H groups in total. The highest BCUT2D eigenvalue weighted by Crippen LogP contribution is 2.31. The summed E-state index contributed by atoms with van der Waals surface area (Å²) >= 11 is 0. The summed E-state index contributed by atoms with van der Waals surface area (Å²) in [5.41, 5.74) is 4.45. The van der Waals surface area contributed by atoms with Gasteiger partial charge < -0.3 is 15.2 Å². The van der Waals surface area contributed by atoms with Gasteiger partial charge in [0, 0.05) is 23.0 Å². The van der Waals surface area contributed by atoms with Crippen molar-refractivity contribution in [2.45, 2.75) is 46.5 Å². The monoisotopic (exact) mass is 392 g/mol. The van der Waals surface area contributed by atoms with Gasteiger partial charge in [0.05, 0.1) is 16.6 Å². The SMILES string of the molecule is Cc1ccc(NC(=O)C2CC2)cc1NC(=O)c1cc(C(C)C)nc2onc(C)c12. The number of aromatic nitrogens is 2. The lowest BCUT2D eigenvalue weighted by molar-refractivity contribution is -0.117. The number of fused-ring (bicyclic) bond motifs is 1. The van der Waals surface area contributed by atoms with E-state index in [0.29, 0.717) is 33.7 Å². The molecule has 1 aliphatic carbocycles. The fraction of sp³-hybridized carbons (Fsp3) is 0.364. The molecule has 0 bridgehead atoms. The normalized spacial score (nSPS) is 13.7. The van der Waals surface area contributed by atoms with E-state index >= 15 is 0 Å². The third kappa shape index (κ3) is 3.85. The van der Waals surface area contributed by atoms with Crippen LogP contribution in [0.5, 0.6) is 0 Å². The Morgan fingerprint density at radius 1 is 1.14 bits per heavy atom. The molecule has 1 saturated carbocycles. The number of anilines is 2. The van der Waals surface area contributed by atoms with Crippen LogP contribution in [-0.4, -0.2) is 22.0 Å². The van der Waals surface area contributed by atoms with E-state index in [-0.39, 0.29) is 23.7 Å². The number of rotatable bonds is 5. The molecule has 1 aromatic carbocycles. The highest BCUT2D eigenvalue weighted by atomic mass is 16.5. The van der Waals surface area contributed by atoms with Crippen LogP contribution in [0.2, 0.25) is 0 Å². The van der Waals surface area contributed by atoms with Gasteiger partial charge in [-0.2, -0.15) is 0 Å². The largest absolute Gasteiger partial charge is 0.336 e. The van der Waals surface area contributed by atoms with Crippen molar-refractivity contribution in [1.29, 1.82) is 0 Å². The van der Waals surface area contributed by atoms with Gasteiger partial charge in [-0.25, -0.2) is 4.98 Å². The standard InChI is InChI=1S/C22H24N4O3/c1-11(2)17-10-16(19-13(4)26-29-22(19)25-17)21(28)24-18-9-15(8-5-12(18)3)23-20(27)14-6-7-14/h5,8-11,14H,6-7H2,1-4H3,(H,23,27)(H,24,28). The van der Waals surface area contributed by atoms with Gasteiger partial charge in [-0.3, -0.25) is 9.59 Å². The smallest absolute Gasteiger partial charge is 0.259 e. The number of carbonyl (C=O) groups excluding carboxylic acids is 2. The molecule has 0 unspecified atom stereocenters. The maximum atomic E-state index is 13.2. The molecule has 2 aromatic heterocycles. The minimum absolute atomic E-state index is 0.0312. The number of aryl methyl sites for hydroxylation is 2. The van der Waals surface area contributed by atoms with Crippen molar-refractivity contribution in [1.82, 2.24) is 10.1 Å². The molecule has 0 aliphatic heterocycles. The Balaban J connectivity index is 1.65. The van der Waals surface area contributed by atoms with Crippen molar-refractivity contribution in [3.05, 3.63) is 46.8 Å². The topological polar surface area (TPSA) is 97.1 Å². The van der Waals surface area contributed by atoms with Crippen LogP contribution in [0.25, 0.3) is 11.1 Å². The van der Waals surface area contributed by atoms with Crippen molar-refractivity contribution in [2.75, 3.05) is 10.6 Å². The zero-order valence-electron chi connectivity index (χ0n) is 17.0. The summed E-state index contributed by atoms with van der Waals surface area (Å²) in [6.45, 7) is 7.72. The second-order valence-electron chi connectivity index (χ2n) is 7.94. The first kappa shape index (κ1) is 19.1. The quantitative estimate of drug-likeness (QED) is 0.663. The Bertz CT molecular complexity index is 1110. The second-order valence-corrected chi connectivity index (χ2v) is 7.94. The number of amides is 2. The van der Waals surface area contributed by atoms with Gasteiger partial charge in [-0.1, -0.05) is 25.1 Å². The van der Waals surface area contributed by atoms with Crippen LogP contribution in [-0.2, 0) is 4.79 Å². The maximum absolute atomic E-state index is 13.2. The maximum Gasteiger partial charge on any atom is 0.259 e. The third-order valence-corrected chi connectivity index (χ3v) is 5.17. The predicted octanol–water partition coefficient (Wildman–Crippen LogP) is 4.56. The molecular formula is C22H24N4O3. The molecule has 1 aliphatic rings. The molecule has 1 fully saturated rings.